The molecule has 0 aliphatic rings. The minimum absolute atomic E-state index is 0.0965. The van der Waals surface area contributed by atoms with Gasteiger partial charge in [0.25, 0.3) is 5.78 Å². The summed E-state index contributed by atoms with van der Waals surface area (Å²) in [6, 6.07) is 13.4. The van der Waals surface area contributed by atoms with Gasteiger partial charge >= 0.3 is 0 Å². The Balaban J connectivity index is 1.66. The van der Waals surface area contributed by atoms with Crippen LogP contribution in [0.25, 0.3) is 17.2 Å². The van der Waals surface area contributed by atoms with Gasteiger partial charge in [0.1, 0.15) is 0 Å². The van der Waals surface area contributed by atoms with Crippen LogP contribution < -0.4 is 5.32 Å². The van der Waals surface area contributed by atoms with E-state index in [1.165, 1.54) is 0 Å². The highest BCUT2D eigenvalue weighted by Crippen LogP contribution is 2.26. The summed E-state index contributed by atoms with van der Waals surface area (Å²) in [5.74, 6) is 0.895. The molecule has 30 heavy (non-hydrogen) atoms. The molecule has 0 saturated heterocycles. The summed E-state index contributed by atoms with van der Waals surface area (Å²) in [6.45, 7) is 7.82. The Bertz CT molecular complexity index is 1280. The molecule has 0 bridgehead atoms. The van der Waals surface area contributed by atoms with Crippen LogP contribution in [0.5, 0.6) is 0 Å². The maximum atomic E-state index is 12.7. The first-order chi connectivity index (χ1) is 14.3. The molecule has 0 radical (unpaired) electrons. The molecule has 4 aromatic rings. The van der Waals surface area contributed by atoms with Crippen LogP contribution >= 0.6 is 11.6 Å². The molecule has 6 nitrogen and oxygen atoms in total. The van der Waals surface area contributed by atoms with E-state index in [1.54, 1.807) is 10.6 Å². The van der Waals surface area contributed by atoms with E-state index < -0.39 is 0 Å². The van der Waals surface area contributed by atoms with Crippen molar-refractivity contribution in [3.05, 3.63) is 75.6 Å². The zero-order valence-corrected chi connectivity index (χ0v) is 18.1. The van der Waals surface area contributed by atoms with E-state index >= 15 is 0 Å². The lowest BCUT2D eigenvalue weighted by Crippen LogP contribution is -2.18. The number of nitrogens with zero attached hydrogens (tertiary/aromatic N) is 4. The Labute approximate surface area is 179 Å². The minimum Gasteiger partial charge on any atom is -0.326 e. The fraction of sp³-hybridized carbons (Fsp3) is 0.217. The van der Waals surface area contributed by atoms with Crippen LogP contribution in [-0.4, -0.2) is 25.5 Å². The standard InChI is InChI=1S/C23H22ClN5O/c1-13-9-10-20(14(2)11-13)26-21(30)12-18-15(3)25-23-27-22(28-29(23)16(18)4)17-7-5-6-8-19(17)24/h5-11H,12H2,1-4H3,(H,26,30). The fourth-order valence-electron chi connectivity index (χ4n) is 3.53. The second-order valence-corrected chi connectivity index (χ2v) is 7.84. The highest BCUT2D eigenvalue weighted by atomic mass is 35.5. The number of halogens is 1. The molecule has 1 N–H and O–H groups in total. The third-order valence-corrected chi connectivity index (χ3v) is 5.49. The quantitative estimate of drug-likeness (QED) is 0.512. The first-order valence-corrected chi connectivity index (χ1v) is 10.1. The van der Waals surface area contributed by atoms with Crippen LogP contribution in [0.15, 0.2) is 42.5 Å². The monoisotopic (exact) mass is 419 g/mol. The van der Waals surface area contributed by atoms with Crippen molar-refractivity contribution in [1.82, 2.24) is 19.6 Å². The maximum Gasteiger partial charge on any atom is 0.253 e. The molecule has 0 unspecified atom stereocenters. The third-order valence-electron chi connectivity index (χ3n) is 5.16. The number of nitrogens with one attached hydrogen (secondary N) is 1. The Morgan fingerprint density at radius 1 is 1.07 bits per heavy atom. The molecule has 1 amide bonds. The molecule has 152 valence electrons. The first-order valence-electron chi connectivity index (χ1n) is 9.68. The smallest absolute Gasteiger partial charge is 0.253 e. The molecule has 0 aliphatic carbocycles. The molecular formula is C23H22ClN5O. The van der Waals surface area contributed by atoms with Gasteiger partial charge in [-0.25, -0.2) is 9.50 Å². The number of aryl methyl sites for hydroxylation is 4. The number of anilines is 1. The average molecular weight is 420 g/mol. The Hall–Kier alpha value is -3.25. The van der Waals surface area contributed by atoms with Gasteiger partial charge in [0.05, 0.1) is 11.4 Å². The van der Waals surface area contributed by atoms with Crippen molar-refractivity contribution >= 4 is 29.0 Å². The lowest BCUT2D eigenvalue weighted by molar-refractivity contribution is -0.115. The van der Waals surface area contributed by atoms with E-state index in [9.17, 15) is 4.79 Å². The van der Waals surface area contributed by atoms with Gasteiger partial charge in [-0.3, -0.25) is 4.79 Å². The Kier molecular flexibility index (Phi) is 5.26. The summed E-state index contributed by atoms with van der Waals surface area (Å²) < 4.78 is 1.67. The first kappa shape index (κ1) is 20.0. The predicted octanol–water partition coefficient (Wildman–Crippen LogP) is 4.86. The highest BCUT2D eigenvalue weighted by Gasteiger charge is 2.18. The minimum atomic E-state index is -0.0965. The number of carbonyl (C=O) groups excluding carboxylic acids is 1. The average Bonchev–Trinajstić information content (AvgIpc) is 3.11. The third kappa shape index (κ3) is 3.78. The Morgan fingerprint density at radius 3 is 2.57 bits per heavy atom. The van der Waals surface area contributed by atoms with Gasteiger partial charge < -0.3 is 5.32 Å². The molecule has 7 heteroatoms. The predicted molar refractivity (Wildman–Crippen MR) is 119 cm³/mol. The van der Waals surface area contributed by atoms with E-state index in [0.29, 0.717) is 16.6 Å². The summed E-state index contributed by atoms with van der Waals surface area (Å²) in [5, 5.41) is 8.16. The molecular weight excluding hydrogens is 398 g/mol. The van der Waals surface area contributed by atoms with Crippen molar-refractivity contribution in [3.8, 4) is 11.4 Å². The van der Waals surface area contributed by atoms with Gasteiger partial charge in [0, 0.05) is 28.2 Å². The van der Waals surface area contributed by atoms with E-state index in [-0.39, 0.29) is 12.3 Å². The Morgan fingerprint density at radius 2 is 1.83 bits per heavy atom. The second kappa shape index (κ2) is 7.88. The van der Waals surface area contributed by atoms with Crippen LogP contribution in [0.3, 0.4) is 0 Å². The van der Waals surface area contributed by atoms with Crippen LogP contribution in [0, 0.1) is 27.7 Å². The topological polar surface area (TPSA) is 72.2 Å². The molecule has 2 aromatic heterocycles. The number of carbonyl (C=O) groups is 1. The number of rotatable bonds is 4. The molecule has 0 aliphatic heterocycles. The molecule has 2 aromatic carbocycles. The molecule has 0 atom stereocenters. The molecule has 0 fully saturated rings. The largest absolute Gasteiger partial charge is 0.326 e. The second-order valence-electron chi connectivity index (χ2n) is 7.43. The van der Waals surface area contributed by atoms with Crippen molar-refractivity contribution in [2.24, 2.45) is 0 Å². The lowest BCUT2D eigenvalue weighted by atomic mass is 10.1. The van der Waals surface area contributed by atoms with Crippen molar-refractivity contribution < 1.29 is 4.79 Å². The highest BCUT2D eigenvalue weighted by molar-refractivity contribution is 6.33. The number of hydrogen-bond acceptors (Lipinski definition) is 4. The van der Waals surface area contributed by atoms with Crippen molar-refractivity contribution in [2.45, 2.75) is 34.1 Å². The summed E-state index contributed by atoms with van der Waals surface area (Å²) in [5.41, 5.74) is 6.18. The van der Waals surface area contributed by atoms with E-state index in [2.05, 4.69) is 20.4 Å². The number of hydrogen-bond donors (Lipinski definition) is 1. The van der Waals surface area contributed by atoms with E-state index in [4.69, 9.17) is 11.6 Å². The fourth-order valence-corrected chi connectivity index (χ4v) is 3.75. The summed E-state index contributed by atoms with van der Waals surface area (Å²) in [4.78, 5) is 21.8. The zero-order chi connectivity index (χ0) is 21.4. The summed E-state index contributed by atoms with van der Waals surface area (Å²) >= 11 is 6.29. The molecule has 0 spiro atoms. The number of fused-ring (bicyclic) bond motifs is 1. The van der Waals surface area contributed by atoms with Gasteiger partial charge in [-0.2, -0.15) is 4.98 Å². The van der Waals surface area contributed by atoms with Gasteiger partial charge in [-0.15, -0.1) is 5.10 Å². The molecule has 0 saturated carbocycles. The normalized spacial score (nSPS) is 11.1. The van der Waals surface area contributed by atoms with Crippen LogP contribution in [0.1, 0.15) is 28.1 Å². The van der Waals surface area contributed by atoms with Crippen molar-refractivity contribution in [3.63, 3.8) is 0 Å². The summed E-state index contributed by atoms with van der Waals surface area (Å²) in [7, 11) is 0. The maximum absolute atomic E-state index is 12.7. The van der Waals surface area contributed by atoms with E-state index in [1.807, 2.05) is 64.1 Å². The van der Waals surface area contributed by atoms with Gasteiger partial charge in [-0.1, -0.05) is 41.4 Å². The zero-order valence-electron chi connectivity index (χ0n) is 17.3. The molecule has 2 heterocycles. The number of amides is 1. The van der Waals surface area contributed by atoms with Gasteiger partial charge in [0.2, 0.25) is 5.91 Å². The number of benzene rings is 2. The number of aromatic nitrogens is 4. The SMILES string of the molecule is Cc1ccc(NC(=O)Cc2c(C)nc3nc(-c4ccccc4Cl)nn3c2C)c(C)c1. The van der Waals surface area contributed by atoms with E-state index in [0.717, 1.165) is 39.3 Å². The van der Waals surface area contributed by atoms with Crippen LogP contribution in [0.2, 0.25) is 5.02 Å². The van der Waals surface area contributed by atoms with Crippen molar-refractivity contribution in [2.75, 3.05) is 5.32 Å². The lowest BCUT2D eigenvalue weighted by Gasteiger charge is -2.12. The van der Waals surface area contributed by atoms with Crippen molar-refractivity contribution in [1.29, 1.82) is 0 Å². The molecule has 4 rings (SSSR count). The summed E-state index contributed by atoms with van der Waals surface area (Å²) in [6.07, 6.45) is 0.204. The van der Waals surface area contributed by atoms with Crippen LogP contribution in [0.4, 0.5) is 5.69 Å². The van der Waals surface area contributed by atoms with Crippen LogP contribution in [-0.2, 0) is 11.2 Å². The van der Waals surface area contributed by atoms with Gasteiger partial charge in [0.15, 0.2) is 5.82 Å². The van der Waals surface area contributed by atoms with Gasteiger partial charge in [-0.05, 0) is 51.5 Å².